The van der Waals surface area contributed by atoms with Gasteiger partial charge in [-0.05, 0) is 56.2 Å². The summed E-state index contributed by atoms with van der Waals surface area (Å²) in [6.07, 6.45) is 1.38. The van der Waals surface area contributed by atoms with Gasteiger partial charge in [0.1, 0.15) is 11.5 Å². The van der Waals surface area contributed by atoms with E-state index < -0.39 is 6.10 Å². The van der Waals surface area contributed by atoms with Crippen molar-refractivity contribution in [2.45, 2.75) is 31.8 Å². The fourth-order valence-electron chi connectivity index (χ4n) is 3.58. The van der Waals surface area contributed by atoms with Crippen LogP contribution in [0.25, 0.3) is 10.2 Å². The van der Waals surface area contributed by atoms with Crippen molar-refractivity contribution in [1.82, 2.24) is 9.88 Å². The third kappa shape index (κ3) is 3.97. The second kappa shape index (κ2) is 8.19. The highest BCUT2D eigenvalue weighted by atomic mass is 32.1. The van der Waals surface area contributed by atoms with Gasteiger partial charge in [0.05, 0.1) is 22.3 Å². The maximum absolute atomic E-state index is 12.8. The van der Waals surface area contributed by atoms with Crippen LogP contribution in [0.3, 0.4) is 0 Å². The standard InChI is InChI=1S/C22H24N2O3S/c1-15(27-18-9-7-17(26-2)8-10-18)22(25)24-13-11-16(12-14-24)21-23-19-5-3-4-6-20(19)28-21/h3-10,15-16H,11-14H2,1-2H3. The van der Waals surface area contributed by atoms with E-state index in [1.54, 1.807) is 18.4 Å². The van der Waals surface area contributed by atoms with Crippen molar-refractivity contribution in [2.75, 3.05) is 20.2 Å². The van der Waals surface area contributed by atoms with Crippen LogP contribution in [0.1, 0.15) is 30.7 Å². The summed E-state index contributed by atoms with van der Waals surface area (Å²) in [6.45, 7) is 3.30. The zero-order valence-electron chi connectivity index (χ0n) is 16.1. The molecule has 0 spiro atoms. The first-order valence-electron chi connectivity index (χ1n) is 9.59. The number of nitrogens with zero attached hydrogens (tertiary/aromatic N) is 2. The molecule has 1 aliphatic rings. The van der Waals surface area contributed by atoms with Gasteiger partial charge in [-0.3, -0.25) is 4.79 Å². The number of fused-ring (bicyclic) bond motifs is 1. The lowest BCUT2D eigenvalue weighted by atomic mass is 9.97. The lowest BCUT2D eigenvalue weighted by Crippen LogP contribution is -2.44. The Hall–Kier alpha value is -2.60. The van der Waals surface area contributed by atoms with E-state index in [2.05, 4.69) is 18.2 Å². The molecule has 1 saturated heterocycles. The molecule has 1 atom stereocenters. The Balaban J connectivity index is 1.33. The number of rotatable bonds is 5. The van der Waals surface area contributed by atoms with E-state index in [0.717, 1.165) is 37.2 Å². The highest BCUT2D eigenvalue weighted by Crippen LogP contribution is 2.34. The van der Waals surface area contributed by atoms with Crippen LogP contribution in [0.5, 0.6) is 11.5 Å². The van der Waals surface area contributed by atoms with Gasteiger partial charge in [-0.1, -0.05) is 12.1 Å². The van der Waals surface area contributed by atoms with E-state index in [-0.39, 0.29) is 5.91 Å². The second-order valence-corrected chi connectivity index (χ2v) is 8.12. The Morgan fingerprint density at radius 3 is 2.46 bits per heavy atom. The minimum atomic E-state index is -0.507. The van der Waals surface area contributed by atoms with Crippen LogP contribution < -0.4 is 9.47 Å². The molecular formula is C22H24N2O3S. The molecule has 0 N–H and O–H groups in total. The maximum Gasteiger partial charge on any atom is 0.263 e. The average Bonchev–Trinajstić information content (AvgIpc) is 3.18. The van der Waals surface area contributed by atoms with Crippen molar-refractivity contribution in [3.8, 4) is 11.5 Å². The van der Waals surface area contributed by atoms with Crippen molar-refractivity contribution < 1.29 is 14.3 Å². The van der Waals surface area contributed by atoms with Crippen molar-refractivity contribution in [3.63, 3.8) is 0 Å². The number of likely N-dealkylation sites (tertiary alicyclic amines) is 1. The molecule has 146 valence electrons. The molecule has 1 aliphatic heterocycles. The number of ether oxygens (including phenoxy) is 2. The Labute approximate surface area is 168 Å². The Morgan fingerprint density at radius 1 is 1.11 bits per heavy atom. The highest BCUT2D eigenvalue weighted by Gasteiger charge is 2.29. The van der Waals surface area contributed by atoms with Crippen molar-refractivity contribution in [1.29, 1.82) is 0 Å². The topological polar surface area (TPSA) is 51.7 Å². The second-order valence-electron chi connectivity index (χ2n) is 7.05. The van der Waals surface area contributed by atoms with E-state index in [9.17, 15) is 4.79 Å². The number of hydrogen-bond donors (Lipinski definition) is 0. The first-order valence-corrected chi connectivity index (χ1v) is 10.4. The number of aromatic nitrogens is 1. The number of methoxy groups -OCH3 is 1. The SMILES string of the molecule is COc1ccc(OC(C)C(=O)N2CCC(c3nc4ccccc4s3)CC2)cc1. The van der Waals surface area contributed by atoms with Crippen molar-refractivity contribution in [3.05, 3.63) is 53.5 Å². The van der Waals surface area contributed by atoms with Gasteiger partial charge in [0.2, 0.25) is 0 Å². The summed E-state index contributed by atoms with van der Waals surface area (Å²) in [6, 6.07) is 15.6. The molecule has 0 saturated carbocycles. The minimum absolute atomic E-state index is 0.0403. The number of amides is 1. The summed E-state index contributed by atoms with van der Waals surface area (Å²) >= 11 is 1.77. The zero-order valence-corrected chi connectivity index (χ0v) is 16.9. The van der Waals surface area contributed by atoms with Crippen LogP contribution >= 0.6 is 11.3 Å². The number of para-hydroxylation sites is 1. The molecular weight excluding hydrogens is 372 g/mol. The van der Waals surface area contributed by atoms with E-state index in [1.807, 2.05) is 42.2 Å². The molecule has 3 aromatic rings. The molecule has 2 heterocycles. The average molecular weight is 397 g/mol. The highest BCUT2D eigenvalue weighted by molar-refractivity contribution is 7.18. The largest absolute Gasteiger partial charge is 0.497 e. The summed E-state index contributed by atoms with van der Waals surface area (Å²) < 4.78 is 12.2. The summed E-state index contributed by atoms with van der Waals surface area (Å²) in [4.78, 5) is 19.5. The zero-order chi connectivity index (χ0) is 19.5. The third-order valence-corrected chi connectivity index (χ3v) is 6.39. The Kier molecular flexibility index (Phi) is 5.48. The maximum atomic E-state index is 12.8. The predicted molar refractivity (Wildman–Crippen MR) is 111 cm³/mol. The third-order valence-electron chi connectivity index (χ3n) is 5.19. The number of carbonyl (C=O) groups is 1. The summed E-state index contributed by atoms with van der Waals surface area (Å²) in [5.41, 5.74) is 1.07. The van der Waals surface area contributed by atoms with Gasteiger partial charge in [-0.25, -0.2) is 4.98 Å². The summed E-state index contributed by atoms with van der Waals surface area (Å²) in [5.74, 6) is 1.91. The molecule has 1 amide bonds. The minimum Gasteiger partial charge on any atom is -0.497 e. The molecule has 5 nitrogen and oxygen atoms in total. The quantitative estimate of drug-likeness (QED) is 0.638. The van der Waals surface area contributed by atoms with Gasteiger partial charge < -0.3 is 14.4 Å². The number of thiazole rings is 1. The van der Waals surface area contributed by atoms with Crippen molar-refractivity contribution >= 4 is 27.5 Å². The predicted octanol–water partition coefficient (Wildman–Crippen LogP) is 4.48. The van der Waals surface area contributed by atoms with Crippen LogP contribution in [-0.2, 0) is 4.79 Å². The summed E-state index contributed by atoms with van der Waals surface area (Å²) in [5, 5.41) is 1.19. The van der Waals surface area contributed by atoms with E-state index in [1.165, 1.54) is 9.71 Å². The van der Waals surface area contributed by atoms with Crippen LogP contribution in [0, 0.1) is 0 Å². The Morgan fingerprint density at radius 2 is 1.79 bits per heavy atom. The summed E-state index contributed by atoms with van der Waals surface area (Å²) in [7, 11) is 1.62. The molecule has 2 aromatic carbocycles. The number of hydrogen-bond acceptors (Lipinski definition) is 5. The molecule has 0 radical (unpaired) electrons. The van der Waals surface area contributed by atoms with Gasteiger partial charge in [0.15, 0.2) is 6.10 Å². The van der Waals surface area contributed by atoms with Gasteiger partial charge in [0.25, 0.3) is 5.91 Å². The van der Waals surface area contributed by atoms with Gasteiger partial charge in [-0.2, -0.15) is 0 Å². The van der Waals surface area contributed by atoms with Crippen LogP contribution in [0.2, 0.25) is 0 Å². The lowest BCUT2D eigenvalue weighted by Gasteiger charge is -2.32. The molecule has 1 fully saturated rings. The molecule has 0 aliphatic carbocycles. The van der Waals surface area contributed by atoms with Gasteiger partial charge in [0, 0.05) is 19.0 Å². The van der Waals surface area contributed by atoms with Crippen LogP contribution in [0.4, 0.5) is 0 Å². The van der Waals surface area contributed by atoms with E-state index in [0.29, 0.717) is 11.7 Å². The van der Waals surface area contributed by atoms with Crippen molar-refractivity contribution in [2.24, 2.45) is 0 Å². The Bertz CT molecular complexity index is 913. The monoisotopic (exact) mass is 396 g/mol. The number of piperidine rings is 1. The van der Waals surface area contributed by atoms with Gasteiger partial charge in [-0.15, -0.1) is 11.3 Å². The normalized spacial score (nSPS) is 16.1. The smallest absolute Gasteiger partial charge is 0.263 e. The van der Waals surface area contributed by atoms with E-state index in [4.69, 9.17) is 14.5 Å². The fourth-order valence-corrected chi connectivity index (χ4v) is 4.71. The first-order chi connectivity index (χ1) is 13.6. The molecule has 1 unspecified atom stereocenters. The number of carbonyl (C=O) groups excluding carboxylic acids is 1. The van der Waals surface area contributed by atoms with E-state index >= 15 is 0 Å². The number of benzene rings is 2. The fraction of sp³-hybridized carbons (Fsp3) is 0.364. The van der Waals surface area contributed by atoms with Crippen LogP contribution in [0.15, 0.2) is 48.5 Å². The molecule has 6 heteroatoms. The van der Waals surface area contributed by atoms with Crippen LogP contribution in [-0.4, -0.2) is 42.1 Å². The lowest BCUT2D eigenvalue weighted by molar-refractivity contribution is -0.139. The molecule has 1 aromatic heterocycles. The molecule has 28 heavy (non-hydrogen) atoms. The molecule has 4 rings (SSSR count). The molecule has 0 bridgehead atoms. The first kappa shape index (κ1) is 18.7. The van der Waals surface area contributed by atoms with Gasteiger partial charge >= 0.3 is 0 Å².